The van der Waals surface area contributed by atoms with Crippen molar-refractivity contribution >= 4 is 5.84 Å². The molecule has 0 amide bonds. The van der Waals surface area contributed by atoms with Gasteiger partial charge < -0.3 is 5.32 Å². The molecule has 0 aromatic heterocycles. The minimum absolute atomic E-state index is 0.266. The van der Waals surface area contributed by atoms with Gasteiger partial charge in [0.25, 0.3) is 0 Å². The number of nitriles is 1. The van der Waals surface area contributed by atoms with Crippen LogP contribution in [0, 0.1) is 24.2 Å². The van der Waals surface area contributed by atoms with Crippen LogP contribution in [0.2, 0.25) is 0 Å². The molecule has 0 bridgehead atoms. The fourth-order valence-corrected chi connectivity index (χ4v) is 2.33. The predicted molar refractivity (Wildman–Crippen MR) is 85.9 cm³/mol. The Morgan fingerprint density at radius 2 is 1.91 bits per heavy atom. The first-order valence-corrected chi connectivity index (χ1v) is 7.13. The minimum atomic E-state index is -0.269. The molecule has 0 heterocycles. The van der Waals surface area contributed by atoms with Crippen LogP contribution < -0.4 is 5.32 Å². The minimum Gasteiger partial charge on any atom is -0.366 e. The topological polar surface area (TPSA) is 48.2 Å². The lowest BCUT2D eigenvalue weighted by Crippen LogP contribution is -2.29. The number of rotatable bonds is 4. The number of hydrogen-bond acceptors (Lipinski definition) is 2. The summed E-state index contributed by atoms with van der Waals surface area (Å²) in [5.41, 5.74) is 2.77. The molecule has 0 spiro atoms. The van der Waals surface area contributed by atoms with E-state index < -0.39 is 0 Å². The molecule has 1 atom stereocenters. The lowest BCUT2D eigenvalue weighted by molar-refractivity contribution is 0.578. The van der Waals surface area contributed by atoms with E-state index in [0.29, 0.717) is 17.8 Å². The second-order valence-corrected chi connectivity index (χ2v) is 5.15. The van der Waals surface area contributed by atoms with Gasteiger partial charge in [-0.05, 0) is 31.0 Å². The maximum atomic E-state index is 13.8. The van der Waals surface area contributed by atoms with Gasteiger partial charge in [0.1, 0.15) is 11.7 Å². The van der Waals surface area contributed by atoms with E-state index in [4.69, 9.17) is 5.26 Å². The average molecular weight is 295 g/mol. The van der Waals surface area contributed by atoms with Crippen LogP contribution in [0.3, 0.4) is 0 Å². The number of benzene rings is 2. The van der Waals surface area contributed by atoms with Crippen LogP contribution in [-0.2, 0) is 6.42 Å². The van der Waals surface area contributed by atoms with E-state index in [1.54, 1.807) is 18.2 Å². The number of amidine groups is 1. The summed E-state index contributed by atoms with van der Waals surface area (Å²) in [4.78, 5) is 3.84. The van der Waals surface area contributed by atoms with Gasteiger partial charge in [0, 0.05) is 12.0 Å². The fraction of sp³-hybridized carbons (Fsp3) is 0.222. The summed E-state index contributed by atoms with van der Waals surface area (Å²) in [6.07, 6.45) is 2.32. The zero-order valence-corrected chi connectivity index (χ0v) is 12.7. The highest BCUT2D eigenvalue weighted by Crippen LogP contribution is 2.17. The van der Waals surface area contributed by atoms with Gasteiger partial charge in [0.2, 0.25) is 6.19 Å². The third-order valence-corrected chi connectivity index (χ3v) is 3.56. The lowest BCUT2D eigenvalue weighted by Gasteiger charge is -2.18. The third kappa shape index (κ3) is 3.92. The largest absolute Gasteiger partial charge is 0.366 e. The number of nitrogens with zero attached hydrogens (tertiary/aromatic N) is 2. The van der Waals surface area contributed by atoms with Gasteiger partial charge in [-0.25, -0.2) is 4.39 Å². The van der Waals surface area contributed by atoms with Gasteiger partial charge >= 0.3 is 0 Å². The first kappa shape index (κ1) is 15.7. The molecule has 22 heavy (non-hydrogen) atoms. The quantitative estimate of drug-likeness (QED) is 0.528. The van der Waals surface area contributed by atoms with Crippen molar-refractivity contribution in [2.45, 2.75) is 26.3 Å². The van der Waals surface area contributed by atoms with Gasteiger partial charge in [0.05, 0.1) is 6.04 Å². The number of nitrogens with one attached hydrogen (secondary N) is 1. The van der Waals surface area contributed by atoms with E-state index in [1.807, 2.05) is 44.3 Å². The zero-order chi connectivity index (χ0) is 15.9. The van der Waals surface area contributed by atoms with E-state index in [0.717, 1.165) is 11.1 Å². The third-order valence-electron chi connectivity index (χ3n) is 3.56. The molecule has 2 aromatic rings. The van der Waals surface area contributed by atoms with Crippen LogP contribution in [-0.4, -0.2) is 5.84 Å². The normalized spacial score (nSPS) is 12.5. The summed E-state index contributed by atoms with van der Waals surface area (Å²) >= 11 is 0. The van der Waals surface area contributed by atoms with Crippen LogP contribution in [0.25, 0.3) is 0 Å². The monoisotopic (exact) mass is 295 g/mol. The second-order valence-electron chi connectivity index (χ2n) is 5.15. The first-order chi connectivity index (χ1) is 10.6. The van der Waals surface area contributed by atoms with E-state index in [2.05, 4.69) is 10.3 Å². The Hall–Kier alpha value is -2.67. The highest BCUT2D eigenvalue weighted by molar-refractivity contribution is 5.85. The van der Waals surface area contributed by atoms with E-state index >= 15 is 0 Å². The number of halogens is 1. The second kappa shape index (κ2) is 7.37. The molecule has 1 N–H and O–H groups in total. The molecular formula is C18H18FN3. The Balaban J connectivity index is 2.17. The molecule has 0 unspecified atom stereocenters. The van der Waals surface area contributed by atoms with Crippen LogP contribution >= 0.6 is 0 Å². The van der Waals surface area contributed by atoms with Gasteiger partial charge in [-0.1, -0.05) is 42.5 Å². The van der Waals surface area contributed by atoms with E-state index in [9.17, 15) is 4.39 Å². The molecule has 4 heteroatoms. The summed E-state index contributed by atoms with van der Waals surface area (Å²) in [7, 11) is 0. The maximum absolute atomic E-state index is 13.8. The van der Waals surface area contributed by atoms with Gasteiger partial charge in [-0.15, -0.1) is 0 Å². The van der Waals surface area contributed by atoms with Crippen molar-refractivity contribution in [1.82, 2.24) is 5.32 Å². The highest BCUT2D eigenvalue weighted by atomic mass is 19.1. The lowest BCUT2D eigenvalue weighted by atomic mass is 10.0. The predicted octanol–water partition coefficient (Wildman–Crippen LogP) is 3.91. The Morgan fingerprint density at radius 3 is 2.59 bits per heavy atom. The first-order valence-electron chi connectivity index (χ1n) is 7.13. The number of hydrogen-bond donors (Lipinski definition) is 1. The van der Waals surface area contributed by atoms with Gasteiger partial charge in [-0.3, -0.25) is 0 Å². The van der Waals surface area contributed by atoms with E-state index in [-0.39, 0.29) is 11.9 Å². The fourth-order valence-electron chi connectivity index (χ4n) is 2.33. The molecule has 0 aliphatic carbocycles. The highest BCUT2D eigenvalue weighted by Gasteiger charge is 2.13. The van der Waals surface area contributed by atoms with Crippen molar-refractivity contribution in [2.75, 3.05) is 0 Å². The Bertz CT molecular complexity index is 716. The summed E-state index contributed by atoms with van der Waals surface area (Å²) in [6, 6.07) is 14.3. The summed E-state index contributed by atoms with van der Waals surface area (Å²) < 4.78 is 13.8. The SMILES string of the molecule is Cc1ccccc1C/C(=N\C#N)N[C@H](C)c1ccccc1F. The number of aryl methyl sites for hydroxylation is 1. The van der Waals surface area contributed by atoms with Crippen LogP contribution in [0.15, 0.2) is 53.5 Å². The van der Waals surface area contributed by atoms with Crippen LogP contribution in [0.5, 0.6) is 0 Å². The Kier molecular flexibility index (Phi) is 5.26. The molecule has 0 saturated carbocycles. The smallest absolute Gasteiger partial charge is 0.207 e. The molecule has 2 rings (SSSR count). The molecule has 0 radical (unpaired) electrons. The molecule has 0 aliphatic heterocycles. The van der Waals surface area contributed by atoms with Gasteiger partial charge in [0.15, 0.2) is 0 Å². The van der Waals surface area contributed by atoms with Gasteiger partial charge in [-0.2, -0.15) is 10.3 Å². The van der Waals surface area contributed by atoms with Crippen molar-refractivity contribution in [3.63, 3.8) is 0 Å². The average Bonchev–Trinajstić information content (AvgIpc) is 2.50. The molecule has 0 saturated heterocycles. The molecule has 3 nitrogen and oxygen atoms in total. The molecule has 112 valence electrons. The molecule has 2 aromatic carbocycles. The standard InChI is InChI=1S/C18H18FN3/c1-13-7-3-4-8-15(13)11-18(21-12-20)22-14(2)16-9-5-6-10-17(16)19/h3-10,14H,11H2,1-2H3,(H,21,22)/t14-/m1/s1. The van der Waals surface area contributed by atoms with Crippen molar-refractivity contribution in [3.8, 4) is 6.19 Å². The van der Waals surface area contributed by atoms with Crippen molar-refractivity contribution in [1.29, 1.82) is 5.26 Å². The summed E-state index contributed by atoms with van der Waals surface area (Å²) in [5, 5.41) is 12.0. The van der Waals surface area contributed by atoms with Crippen molar-refractivity contribution in [3.05, 3.63) is 71.0 Å². The Labute approximate surface area is 130 Å². The molecule has 0 aliphatic rings. The summed E-state index contributed by atoms with van der Waals surface area (Å²) in [6.45, 7) is 3.86. The summed E-state index contributed by atoms with van der Waals surface area (Å²) in [5.74, 6) is 0.266. The van der Waals surface area contributed by atoms with Crippen molar-refractivity contribution < 1.29 is 4.39 Å². The van der Waals surface area contributed by atoms with E-state index in [1.165, 1.54) is 6.07 Å². The number of aliphatic imine (C=N–C) groups is 1. The Morgan fingerprint density at radius 1 is 1.23 bits per heavy atom. The molecular weight excluding hydrogens is 277 g/mol. The van der Waals surface area contributed by atoms with Crippen molar-refractivity contribution in [2.24, 2.45) is 4.99 Å². The van der Waals surface area contributed by atoms with Crippen LogP contribution in [0.4, 0.5) is 4.39 Å². The van der Waals surface area contributed by atoms with Crippen LogP contribution in [0.1, 0.15) is 29.7 Å². The molecule has 0 fully saturated rings. The zero-order valence-electron chi connectivity index (χ0n) is 12.7. The maximum Gasteiger partial charge on any atom is 0.207 e.